The van der Waals surface area contributed by atoms with Crippen molar-refractivity contribution in [2.24, 2.45) is 0 Å². The molecule has 22 heavy (non-hydrogen) atoms. The Balaban J connectivity index is 1.88. The van der Waals surface area contributed by atoms with Gasteiger partial charge in [0.1, 0.15) is 0 Å². The van der Waals surface area contributed by atoms with Crippen LogP contribution >= 0.6 is 15.9 Å². The number of nitrogens with zero attached hydrogens (tertiary/aromatic N) is 2. The molecule has 6 heteroatoms. The molecule has 1 unspecified atom stereocenters. The van der Waals surface area contributed by atoms with E-state index in [0.717, 1.165) is 30.2 Å². The molecule has 1 aliphatic heterocycles. The number of alkyl halides is 2. The van der Waals surface area contributed by atoms with E-state index in [-0.39, 0.29) is 18.2 Å². The van der Waals surface area contributed by atoms with E-state index in [0.29, 0.717) is 22.2 Å². The second-order valence-electron chi connectivity index (χ2n) is 5.93. The van der Waals surface area contributed by atoms with Gasteiger partial charge in [-0.05, 0) is 46.8 Å². The average molecular weight is 369 g/mol. The van der Waals surface area contributed by atoms with Crippen molar-refractivity contribution in [3.8, 4) is 0 Å². The van der Waals surface area contributed by atoms with Crippen molar-refractivity contribution in [1.29, 1.82) is 0 Å². The van der Waals surface area contributed by atoms with Gasteiger partial charge in [-0.15, -0.1) is 0 Å². The lowest BCUT2D eigenvalue weighted by Gasteiger charge is -2.23. The van der Waals surface area contributed by atoms with Crippen molar-refractivity contribution < 1.29 is 13.5 Å². The van der Waals surface area contributed by atoms with Gasteiger partial charge in [-0.2, -0.15) is 5.10 Å². The molecule has 0 N–H and O–H groups in total. The fourth-order valence-corrected chi connectivity index (χ4v) is 4.14. The number of rotatable bonds is 1. The summed E-state index contributed by atoms with van der Waals surface area (Å²) in [5.74, 6) is -2.87. The Morgan fingerprint density at radius 3 is 2.95 bits per heavy atom. The number of halogens is 3. The fraction of sp³-hybridized carbons (Fsp3) is 0.438. The third-order valence-corrected chi connectivity index (χ3v) is 5.33. The number of hydrogen-bond donors (Lipinski definition) is 0. The number of hydrogen-bond acceptors (Lipinski definition) is 2. The lowest BCUT2D eigenvalue weighted by Crippen LogP contribution is -2.19. The molecule has 0 radical (unpaired) electrons. The highest BCUT2D eigenvalue weighted by atomic mass is 79.9. The highest BCUT2D eigenvalue weighted by molar-refractivity contribution is 9.10. The van der Waals surface area contributed by atoms with Gasteiger partial charge in [-0.25, -0.2) is 13.5 Å². The second-order valence-corrected chi connectivity index (χ2v) is 6.72. The van der Waals surface area contributed by atoms with Crippen LogP contribution in [0.3, 0.4) is 0 Å². The smallest absolute Gasteiger partial charge is 0.277 e. The van der Waals surface area contributed by atoms with Gasteiger partial charge in [0.2, 0.25) is 0 Å². The van der Waals surface area contributed by atoms with E-state index in [1.807, 2.05) is 10.7 Å². The molecule has 0 saturated carbocycles. The summed E-state index contributed by atoms with van der Waals surface area (Å²) in [6.07, 6.45) is 4.34. The molecule has 1 atom stereocenters. The van der Waals surface area contributed by atoms with Gasteiger partial charge >= 0.3 is 0 Å². The van der Waals surface area contributed by atoms with Crippen LogP contribution in [0.1, 0.15) is 36.6 Å². The van der Waals surface area contributed by atoms with Gasteiger partial charge in [-0.1, -0.05) is 6.58 Å². The highest BCUT2D eigenvalue weighted by Crippen LogP contribution is 2.48. The lowest BCUT2D eigenvalue weighted by atomic mass is 10.1. The standard InChI is InChI=1S/C16H15BrF2N2O/c1-9-14-10(7-16(9,18)19)6-12-11(15(14)17)8-20-21(12)13-4-2-3-5-22-13/h6,8,13H,1-5,7H2. The van der Waals surface area contributed by atoms with Gasteiger partial charge in [0, 0.05) is 34.0 Å². The zero-order valence-electron chi connectivity index (χ0n) is 11.9. The maximum Gasteiger partial charge on any atom is 0.277 e. The normalized spacial score (nSPS) is 24.0. The largest absolute Gasteiger partial charge is 0.356 e. The predicted octanol–water partition coefficient (Wildman–Crippen LogP) is 4.70. The topological polar surface area (TPSA) is 27.1 Å². The molecule has 2 aromatic rings. The van der Waals surface area contributed by atoms with Crippen LogP contribution in [0.15, 0.2) is 23.3 Å². The molecule has 3 nitrogen and oxygen atoms in total. The van der Waals surface area contributed by atoms with Gasteiger partial charge in [0.05, 0.1) is 11.7 Å². The summed E-state index contributed by atoms with van der Waals surface area (Å²) in [6.45, 7) is 4.30. The SMILES string of the molecule is C=C1c2c(cc3c(cnn3C3CCCCO3)c2Br)CC1(F)F. The second kappa shape index (κ2) is 4.86. The molecule has 4 rings (SSSR count). The quantitative estimate of drug-likeness (QED) is 0.729. The first-order valence-corrected chi connectivity index (χ1v) is 8.16. The van der Waals surface area contributed by atoms with Crippen LogP contribution in [0, 0.1) is 0 Å². The van der Waals surface area contributed by atoms with Crippen LogP contribution in [0.2, 0.25) is 0 Å². The van der Waals surface area contributed by atoms with Crippen LogP contribution in [-0.4, -0.2) is 22.3 Å². The Kier molecular flexibility index (Phi) is 3.17. The predicted molar refractivity (Wildman–Crippen MR) is 84.0 cm³/mol. The van der Waals surface area contributed by atoms with E-state index in [1.54, 1.807) is 6.20 Å². The van der Waals surface area contributed by atoms with Crippen molar-refractivity contribution in [3.05, 3.63) is 34.4 Å². The van der Waals surface area contributed by atoms with E-state index in [4.69, 9.17) is 4.74 Å². The summed E-state index contributed by atoms with van der Waals surface area (Å²) in [4.78, 5) is 0. The first-order valence-electron chi connectivity index (χ1n) is 7.37. The minimum absolute atomic E-state index is 0.110. The van der Waals surface area contributed by atoms with Crippen LogP contribution in [0.25, 0.3) is 16.5 Å². The molecule has 116 valence electrons. The number of ether oxygens (including phenoxy) is 1. The minimum Gasteiger partial charge on any atom is -0.356 e. The first-order chi connectivity index (χ1) is 10.5. The number of allylic oxidation sites excluding steroid dienone is 1. The summed E-state index contributed by atoms with van der Waals surface area (Å²) >= 11 is 3.47. The van der Waals surface area contributed by atoms with E-state index in [9.17, 15) is 8.78 Å². The maximum absolute atomic E-state index is 14.0. The molecule has 1 aliphatic carbocycles. The Bertz CT molecular complexity index is 778. The van der Waals surface area contributed by atoms with Crippen LogP contribution in [-0.2, 0) is 11.2 Å². The molecule has 0 bridgehead atoms. The van der Waals surface area contributed by atoms with Crippen LogP contribution < -0.4 is 0 Å². The monoisotopic (exact) mass is 368 g/mol. The fourth-order valence-electron chi connectivity index (χ4n) is 3.34. The number of aromatic nitrogens is 2. The first kappa shape index (κ1) is 14.3. The Labute approximate surface area is 135 Å². The van der Waals surface area contributed by atoms with Crippen molar-refractivity contribution in [2.75, 3.05) is 6.61 Å². The number of fused-ring (bicyclic) bond motifs is 2. The molecule has 1 fully saturated rings. The van der Waals surface area contributed by atoms with Crippen molar-refractivity contribution in [2.45, 2.75) is 37.8 Å². The van der Waals surface area contributed by atoms with E-state index in [2.05, 4.69) is 27.6 Å². The molecule has 0 spiro atoms. The van der Waals surface area contributed by atoms with Gasteiger partial charge in [0.25, 0.3) is 5.92 Å². The molecule has 0 amide bonds. The van der Waals surface area contributed by atoms with Crippen molar-refractivity contribution in [1.82, 2.24) is 9.78 Å². The van der Waals surface area contributed by atoms with Gasteiger partial charge in [-0.3, -0.25) is 0 Å². The molecular weight excluding hydrogens is 354 g/mol. The molecule has 1 aromatic carbocycles. The molecule has 1 aromatic heterocycles. The van der Waals surface area contributed by atoms with Crippen molar-refractivity contribution >= 4 is 32.4 Å². The zero-order valence-corrected chi connectivity index (χ0v) is 13.5. The zero-order chi connectivity index (χ0) is 15.5. The summed E-state index contributed by atoms with van der Waals surface area (Å²) in [5, 5.41) is 5.25. The van der Waals surface area contributed by atoms with Gasteiger partial charge in [0.15, 0.2) is 6.23 Å². The van der Waals surface area contributed by atoms with Crippen LogP contribution in [0.4, 0.5) is 8.78 Å². The average Bonchev–Trinajstić information content (AvgIpc) is 3.00. The van der Waals surface area contributed by atoms with E-state index < -0.39 is 5.92 Å². The van der Waals surface area contributed by atoms with Gasteiger partial charge < -0.3 is 4.74 Å². The summed E-state index contributed by atoms with van der Waals surface area (Å²) in [6, 6.07) is 1.81. The highest BCUT2D eigenvalue weighted by Gasteiger charge is 2.43. The third-order valence-electron chi connectivity index (χ3n) is 4.51. The third kappa shape index (κ3) is 1.97. The van der Waals surface area contributed by atoms with Crippen LogP contribution in [0.5, 0.6) is 0 Å². The van der Waals surface area contributed by atoms with E-state index >= 15 is 0 Å². The summed E-state index contributed by atoms with van der Waals surface area (Å²) < 4.78 is 36.2. The molecule has 1 saturated heterocycles. The van der Waals surface area contributed by atoms with Crippen molar-refractivity contribution in [3.63, 3.8) is 0 Å². The Morgan fingerprint density at radius 2 is 2.23 bits per heavy atom. The summed E-state index contributed by atoms with van der Waals surface area (Å²) in [5.41, 5.74) is 1.87. The molecule has 2 heterocycles. The maximum atomic E-state index is 14.0. The minimum atomic E-state index is -2.87. The number of benzene rings is 1. The molecular formula is C16H15BrF2N2O. The Morgan fingerprint density at radius 1 is 1.41 bits per heavy atom. The molecule has 2 aliphatic rings. The summed E-state index contributed by atoms with van der Waals surface area (Å²) in [7, 11) is 0. The Hall–Kier alpha value is -1.27. The lowest BCUT2D eigenvalue weighted by molar-refractivity contribution is -0.0366. The van der Waals surface area contributed by atoms with E-state index in [1.165, 1.54) is 0 Å².